The topological polar surface area (TPSA) is 82.3 Å². The van der Waals surface area contributed by atoms with Crippen LogP contribution in [0.3, 0.4) is 0 Å². The van der Waals surface area contributed by atoms with Crippen molar-refractivity contribution in [3.8, 4) is 17.6 Å². The van der Waals surface area contributed by atoms with Gasteiger partial charge in [-0.1, -0.05) is 0 Å². The number of rotatable bonds is 4. The third-order valence-corrected chi connectivity index (χ3v) is 2.97. The van der Waals surface area contributed by atoms with Gasteiger partial charge in [0.2, 0.25) is 0 Å². The van der Waals surface area contributed by atoms with E-state index in [1.165, 1.54) is 13.2 Å². The van der Waals surface area contributed by atoms with Crippen molar-refractivity contribution < 1.29 is 14.6 Å². The van der Waals surface area contributed by atoms with Crippen LogP contribution in [0.1, 0.15) is 19.4 Å². The van der Waals surface area contributed by atoms with Crippen LogP contribution in [0, 0.1) is 11.3 Å². The van der Waals surface area contributed by atoms with Crippen molar-refractivity contribution in [3.05, 3.63) is 27.7 Å². The molecule has 2 N–H and O–H groups in total. The second-order valence-corrected chi connectivity index (χ2v) is 5.21. The summed E-state index contributed by atoms with van der Waals surface area (Å²) in [5.74, 6) is -0.215. The zero-order chi connectivity index (χ0) is 15.3. The van der Waals surface area contributed by atoms with Gasteiger partial charge in [-0.15, -0.1) is 0 Å². The maximum atomic E-state index is 11.8. The Morgan fingerprint density at radius 1 is 1.55 bits per heavy atom. The molecular weight excluding hydrogens is 324 g/mol. The zero-order valence-corrected chi connectivity index (χ0v) is 13.0. The number of phenolic OH excluding ortho intramolecular Hbond substituents is 1. The summed E-state index contributed by atoms with van der Waals surface area (Å²) < 4.78 is 5.43. The summed E-state index contributed by atoms with van der Waals surface area (Å²) in [5, 5.41) is 21.4. The molecule has 20 heavy (non-hydrogen) atoms. The lowest BCUT2D eigenvalue weighted by Crippen LogP contribution is -2.30. The van der Waals surface area contributed by atoms with E-state index in [1.54, 1.807) is 12.1 Å². The molecular formula is C14H15BrN2O3. The summed E-state index contributed by atoms with van der Waals surface area (Å²) in [5.41, 5.74) is 0.556. The van der Waals surface area contributed by atoms with Crippen molar-refractivity contribution in [2.24, 2.45) is 0 Å². The van der Waals surface area contributed by atoms with Crippen LogP contribution in [0.15, 0.2) is 22.2 Å². The minimum absolute atomic E-state index is 0.0154. The van der Waals surface area contributed by atoms with Crippen LogP contribution in [0.25, 0.3) is 6.08 Å². The summed E-state index contributed by atoms with van der Waals surface area (Å²) in [7, 11) is 1.42. The second kappa shape index (κ2) is 6.96. The summed E-state index contributed by atoms with van der Waals surface area (Å²) in [6, 6.07) is 4.94. The van der Waals surface area contributed by atoms with Gasteiger partial charge in [0.05, 0.1) is 11.6 Å². The Balaban J connectivity index is 3.17. The molecule has 0 fully saturated rings. The monoisotopic (exact) mass is 338 g/mol. The van der Waals surface area contributed by atoms with Gasteiger partial charge in [0, 0.05) is 6.04 Å². The molecule has 1 aromatic rings. The lowest BCUT2D eigenvalue weighted by Gasteiger charge is -2.08. The van der Waals surface area contributed by atoms with E-state index in [9.17, 15) is 9.90 Å². The number of carbonyl (C=O) groups excluding carboxylic acids is 1. The van der Waals surface area contributed by atoms with Gasteiger partial charge in [-0.3, -0.25) is 4.79 Å². The zero-order valence-electron chi connectivity index (χ0n) is 11.4. The van der Waals surface area contributed by atoms with E-state index in [0.29, 0.717) is 10.0 Å². The molecule has 0 heterocycles. The van der Waals surface area contributed by atoms with Crippen LogP contribution in [0.5, 0.6) is 11.5 Å². The Labute approximate surface area is 126 Å². The Morgan fingerprint density at radius 2 is 2.20 bits per heavy atom. The van der Waals surface area contributed by atoms with Gasteiger partial charge in [-0.25, -0.2) is 0 Å². The average molecular weight is 339 g/mol. The normalized spacial score (nSPS) is 11.1. The molecule has 0 aromatic heterocycles. The molecule has 1 aromatic carbocycles. The number of nitriles is 1. The van der Waals surface area contributed by atoms with Crippen molar-refractivity contribution in [1.29, 1.82) is 5.26 Å². The van der Waals surface area contributed by atoms with Gasteiger partial charge in [-0.2, -0.15) is 5.26 Å². The fourth-order valence-corrected chi connectivity index (χ4v) is 1.95. The van der Waals surface area contributed by atoms with Crippen molar-refractivity contribution in [2.45, 2.75) is 19.9 Å². The Morgan fingerprint density at radius 3 is 2.70 bits per heavy atom. The molecule has 0 atom stereocenters. The van der Waals surface area contributed by atoms with Gasteiger partial charge < -0.3 is 15.2 Å². The first-order chi connectivity index (χ1) is 9.38. The third-order valence-electron chi connectivity index (χ3n) is 2.37. The van der Waals surface area contributed by atoms with Crippen LogP contribution in [0.2, 0.25) is 0 Å². The number of nitrogens with one attached hydrogen (secondary N) is 1. The number of methoxy groups -OCH3 is 1. The standard InChI is InChI=1S/C14H15BrN2O3/c1-8(2)17-14(19)10(7-16)4-9-5-11(15)13(18)12(6-9)20-3/h4-6,8,18H,1-3H3,(H,17,19). The number of halogens is 1. The number of hydrogen-bond acceptors (Lipinski definition) is 4. The molecule has 0 aliphatic carbocycles. The number of carbonyl (C=O) groups is 1. The molecule has 0 aliphatic rings. The van der Waals surface area contributed by atoms with E-state index >= 15 is 0 Å². The molecule has 1 rings (SSSR count). The first-order valence-electron chi connectivity index (χ1n) is 5.88. The van der Waals surface area contributed by atoms with Crippen molar-refractivity contribution in [1.82, 2.24) is 5.32 Å². The highest BCUT2D eigenvalue weighted by molar-refractivity contribution is 9.10. The van der Waals surface area contributed by atoms with E-state index < -0.39 is 5.91 Å². The Hall–Kier alpha value is -2.00. The molecule has 5 nitrogen and oxygen atoms in total. The van der Waals surface area contributed by atoms with E-state index in [2.05, 4.69) is 21.2 Å². The van der Waals surface area contributed by atoms with Crippen LogP contribution < -0.4 is 10.1 Å². The fraction of sp³-hybridized carbons (Fsp3) is 0.286. The molecule has 1 amide bonds. The predicted octanol–water partition coefficient (Wildman–Crippen LogP) is 2.59. The predicted molar refractivity (Wildman–Crippen MR) is 79.2 cm³/mol. The molecule has 0 saturated heterocycles. The van der Waals surface area contributed by atoms with Crippen LogP contribution in [-0.4, -0.2) is 24.2 Å². The molecule has 0 aliphatic heterocycles. The maximum Gasteiger partial charge on any atom is 0.262 e. The molecule has 0 unspecified atom stereocenters. The van der Waals surface area contributed by atoms with Gasteiger partial charge in [0.25, 0.3) is 5.91 Å². The molecule has 0 saturated carbocycles. The van der Waals surface area contributed by atoms with E-state index in [0.717, 1.165) is 0 Å². The smallest absolute Gasteiger partial charge is 0.262 e. The molecule has 0 spiro atoms. The highest BCUT2D eigenvalue weighted by Gasteiger charge is 2.12. The molecule has 0 bridgehead atoms. The van der Waals surface area contributed by atoms with E-state index in [1.807, 2.05) is 19.9 Å². The van der Waals surface area contributed by atoms with Gasteiger partial charge >= 0.3 is 0 Å². The lowest BCUT2D eigenvalue weighted by molar-refractivity contribution is -0.117. The third kappa shape index (κ3) is 4.00. The van der Waals surface area contributed by atoms with Gasteiger partial charge in [0.1, 0.15) is 11.6 Å². The van der Waals surface area contributed by atoms with Crippen molar-refractivity contribution >= 4 is 27.9 Å². The quantitative estimate of drug-likeness (QED) is 0.653. The largest absolute Gasteiger partial charge is 0.503 e. The second-order valence-electron chi connectivity index (χ2n) is 4.35. The highest BCUT2D eigenvalue weighted by Crippen LogP contribution is 2.35. The average Bonchev–Trinajstić information content (AvgIpc) is 2.38. The molecule has 6 heteroatoms. The van der Waals surface area contributed by atoms with Crippen LogP contribution >= 0.6 is 15.9 Å². The van der Waals surface area contributed by atoms with Gasteiger partial charge in [0.15, 0.2) is 11.5 Å². The first kappa shape index (κ1) is 16.1. The van der Waals surface area contributed by atoms with Crippen LogP contribution in [0.4, 0.5) is 0 Å². The fourth-order valence-electron chi connectivity index (χ4n) is 1.49. The number of amides is 1. The first-order valence-corrected chi connectivity index (χ1v) is 6.67. The number of phenols is 1. The van der Waals surface area contributed by atoms with Gasteiger partial charge in [-0.05, 0) is 53.5 Å². The minimum atomic E-state index is -0.439. The maximum absolute atomic E-state index is 11.8. The number of hydrogen-bond donors (Lipinski definition) is 2. The summed E-state index contributed by atoms with van der Waals surface area (Å²) >= 11 is 3.18. The minimum Gasteiger partial charge on any atom is -0.503 e. The Bertz CT molecular complexity index is 589. The van der Waals surface area contributed by atoms with E-state index in [-0.39, 0.29) is 23.1 Å². The number of aromatic hydroxyl groups is 1. The number of nitrogens with zero attached hydrogens (tertiary/aromatic N) is 1. The molecule has 0 radical (unpaired) electrons. The van der Waals surface area contributed by atoms with E-state index in [4.69, 9.17) is 10.00 Å². The van der Waals surface area contributed by atoms with Crippen LogP contribution in [-0.2, 0) is 4.79 Å². The number of benzene rings is 1. The van der Waals surface area contributed by atoms with Crippen molar-refractivity contribution in [2.75, 3.05) is 7.11 Å². The lowest BCUT2D eigenvalue weighted by atomic mass is 10.1. The Kier molecular flexibility index (Phi) is 5.59. The summed E-state index contributed by atoms with van der Waals surface area (Å²) in [6.07, 6.45) is 1.43. The SMILES string of the molecule is COc1cc(C=C(C#N)C(=O)NC(C)C)cc(Br)c1O. The highest BCUT2D eigenvalue weighted by atomic mass is 79.9. The number of ether oxygens (including phenoxy) is 1. The summed E-state index contributed by atoms with van der Waals surface area (Å²) in [6.45, 7) is 3.63. The molecule has 106 valence electrons. The summed E-state index contributed by atoms with van der Waals surface area (Å²) in [4.78, 5) is 11.8. The van der Waals surface area contributed by atoms with Crippen molar-refractivity contribution in [3.63, 3.8) is 0 Å².